The smallest absolute Gasteiger partial charge is 0.273 e. The zero-order valence-electron chi connectivity index (χ0n) is 9.97. The van der Waals surface area contributed by atoms with Crippen molar-refractivity contribution in [1.82, 2.24) is 9.88 Å². The Hall–Kier alpha value is -0.550. The minimum absolute atomic E-state index is 0.0234. The second-order valence-electron chi connectivity index (χ2n) is 3.62. The molecule has 0 saturated heterocycles. The topological polar surface area (TPSA) is 33.2 Å². The van der Waals surface area contributed by atoms with Gasteiger partial charge in [-0.3, -0.25) is 4.79 Å². The van der Waals surface area contributed by atoms with Gasteiger partial charge in [0.15, 0.2) is 0 Å². The molecule has 0 spiro atoms. The van der Waals surface area contributed by atoms with E-state index < -0.39 is 0 Å². The Morgan fingerprint density at radius 2 is 2.44 bits per heavy atom. The first-order valence-corrected chi connectivity index (χ1v) is 7.49. The Kier molecular flexibility index (Phi) is 5.84. The van der Waals surface area contributed by atoms with Crippen molar-refractivity contribution in [3.8, 4) is 0 Å². The van der Waals surface area contributed by atoms with Crippen LogP contribution in [-0.2, 0) is 0 Å². The van der Waals surface area contributed by atoms with Crippen LogP contribution in [0.1, 0.15) is 30.8 Å². The monoisotopic (exact) mass is 258 g/mol. The van der Waals surface area contributed by atoms with E-state index in [1.165, 1.54) is 11.3 Å². The third-order valence-electron chi connectivity index (χ3n) is 2.52. The van der Waals surface area contributed by atoms with Crippen LogP contribution in [0.2, 0.25) is 0 Å². The molecule has 0 aliphatic heterocycles. The maximum absolute atomic E-state index is 11.9. The van der Waals surface area contributed by atoms with Crippen molar-refractivity contribution in [3.63, 3.8) is 0 Å². The van der Waals surface area contributed by atoms with Gasteiger partial charge >= 0.3 is 0 Å². The van der Waals surface area contributed by atoms with E-state index in [1.807, 2.05) is 18.8 Å². The van der Waals surface area contributed by atoms with Gasteiger partial charge in [0, 0.05) is 18.5 Å². The van der Waals surface area contributed by atoms with Gasteiger partial charge in [-0.2, -0.15) is 11.8 Å². The third-order valence-corrected chi connectivity index (χ3v) is 4.04. The third kappa shape index (κ3) is 3.79. The van der Waals surface area contributed by atoms with Gasteiger partial charge in [0.05, 0.1) is 5.51 Å². The summed E-state index contributed by atoms with van der Waals surface area (Å²) < 4.78 is 0. The summed E-state index contributed by atoms with van der Waals surface area (Å²) in [5.41, 5.74) is 2.25. The quantitative estimate of drug-likeness (QED) is 0.736. The molecular formula is C11H18N2OS2. The van der Waals surface area contributed by atoms with E-state index in [1.54, 1.807) is 15.8 Å². The van der Waals surface area contributed by atoms with E-state index in [2.05, 4.69) is 18.8 Å². The molecule has 0 aliphatic rings. The van der Waals surface area contributed by atoms with Gasteiger partial charge in [0.25, 0.3) is 5.91 Å². The number of aromatic nitrogens is 1. The van der Waals surface area contributed by atoms with Crippen molar-refractivity contribution in [2.45, 2.75) is 26.3 Å². The van der Waals surface area contributed by atoms with Crippen molar-refractivity contribution in [3.05, 3.63) is 16.6 Å². The Morgan fingerprint density at radius 3 is 3.00 bits per heavy atom. The van der Waals surface area contributed by atoms with Crippen LogP contribution >= 0.6 is 23.1 Å². The summed E-state index contributed by atoms with van der Waals surface area (Å²) in [6.07, 6.45) is 1.03. The molecule has 1 aromatic heterocycles. The van der Waals surface area contributed by atoms with Gasteiger partial charge in [-0.15, -0.1) is 11.3 Å². The Labute approximate surface area is 105 Å². The molecule has 90 valence electrons. The largest absolute Gasteiger partial charge is 0.338 e. The summed E-state index contributed by atoms with van der Waals surface area (Å²) in [4.78, 5) is 17.8. The molecule has 0 radical (unpaired) electrons. The van der Waals surface area contributed by atoms with Gasteiger partial charge in [-0.25, -0.2) is 4.98 Å². The zero-order chi connectivity index (χ0) is 12.0. The Balaban J connectivity index is 2.44. The number of thiazole rings is 1. The van der Waals surface area contributed by atoms with E-state index in [-0.39, 0.29) is 11.9 Å². The van der Waals surface area contributed by atoms with Crippen molar-refractivity contribution in [1.29, 1.82) is 0 Å². The van der Waals surface area contributed by atoms with Gasteiger partial charge < -0.3 is 4.90 Å². The Morgan fingerprint density at radius 1 is 1.69 bits per heavy atom. The van der Waals surface area contributed by atoms with Crippen molar-refractivity contribution < 1.29 is 4.79 Å². The predicted molar refractivity (Wildman–Crippen MR) is 71.3 cm³/mol. The molecular weight excluding hydrogens is 240 g/mol. The molecule has 0 bridgehead atoms. The number of carbonyl (C=O) groups excluding carboxylic acids is 1. The molecule has 0 aromatic carbocycles. The Bertz CT molecular complexity index is 314. The summed E-state index contributed by atoms with van der Waals surface area (Å²) in [6.45, 7) is 4.24. The highest BCUT2D eigenvalue weighted by Crippen LogP contribution is 2.11. The minimum atomic E-state index is 0.0234. The van der Waals surface area contributed by atoms with Gasteiger partial charge in [-0.05, 0) is 24.9 Å². The van der Waals surface area contributed by atoms with Gasteiger partial charge in [0.2, 0.25) is 0 Å². The number of hydrogen-bond acceptors (Lipinski definition) is 4. The normalized spacial score (nSPS) is 12.4. The summed E-state index contributed by atoms with van der Waals surface area (Å²) in [5.74, 6) is 2.26. The van der Waals surface area contributed by atoms with E-state index in [9.17, 15) is 4.79 Å². The molecule has 1 aromatic rings. The zero-order valence-corrected chi connectivity index (χ0v) is 11.6. The van der Waals surface area contributed by atoms with Crippen LogP contribution in [0.4, 0.5) is 0 Å². The maximum Gasteiger partial charge on any atom is 0.273 e. The lowest BCUT2D eigenvalue weighted by Gasteiger charge is -2.24. The first-order chi connectivity index (χ1) is 7.66. The van der Waals surface area contributed by atoms with Crippen LogP contribution in [0.3, 0.4) is 0 Å². The van der Waals surface area contributed by atoms with Crippen molar-refractivity contribution >= 4 is 29.0 Å². The number of amides is 1. The van der Waals surface area contributed by atoms with E-state index in [0.29, 0.717) is 5.69 Å². The van der Waals surface area contributed by atoms with Crippen LogP contribution in [0, 0.1) is 0 Å². The molecule has 1 rings (SSSR count). The fraction of sp³-hybridized carbons (Fsp3) is 0.636. The highest BCUT2D eigenvalue weighted by molar-refractivity contribution is 7.99. The molecule has 0 N–H and O–H groups in total. The van der Waals surface area contributed by atoms with Crippen LogP contribution in [0.25, 0.3) is 0 Å². The molecule has 0 unspecified atom stereocenters. The predicted octanol–water partition coefficient (Wildman–Crippen LogP) is 2.75. The van der Waals surface area contributed by atoms with E-state index in [0.717, 1.165) is 17.9 Å². The molecule has 1 atom stereocenters. The second kappa shape index (κ2) is 6.91. The van der Waals surface area contributed by atoms with Crippen LogP contribution < -0.4 is 0 Å². The fourth-order valence-corrected chi connectivity index (χ4v) is 2.61. The number of thioether (sulfide) groups is 1. The SMILES string of the molecule is CCSCC[C@@H](C)N(C)C(=O)c1cscn1. The molecule has 16 heavy (non-hydrogen) atoms. The van der Waals surface area contributed by atoms with Crippen LogP contribution in [0.5, 0.6) is 0 Å². The summed E-state index contributed by atoms with van der Waals surface area (Å²) in [5, 5.41) is 1.80. The number of hydrogen-bond donors (Lipinski definition) is 0. The number of rotatable bonds is 6. The van der Waals surface area contributed by atoms with Crippen LogP contribution in [0.15, 0.2) is 10.9 Å². The standard InChI is InChI=1S/C11H18N2OS2/c1-4-15-6-5-9(2)13(3)11(14)10-7-16-8-12-10/h7-9H,4-6H2,1-3H3/t9-/m1/s1. The molecule has 0 aliphatic carbocycles. The van der Waals surface area contributed by atoms with Gasteiger partial charge in [-0.1, -0.05) is 6.92 Å². The molecule has 1 heterocycles. The van der Waals surface area contributed by atoms with Crippen molar-refractivity contribution in [2.75, 3.05) is 18.6 Å². The molecule has 0 fully saturated rings. The minimum Gasteiger partial charge on any atom is -0.338 e. The highest BCUT2D eigenvalue weighted by atomic mass is 32.2. The summed E-state index contributed by atoms with van der Waals surface area (Å²) in [7, 11) is 1.85. The lowest BCUT2D eigenvalue weighted by Crippen LogP contribution is -2.35. The number of carbonyl (C=O) groups is 1. The highest BCUT2D eigenvalue weighted by Gasteiger charge is 2.18. The molecule has 5 heteroatoms. The summed E-state index contributed by atoms with van der Waals surface area (Å²) >= 11 is 3.37. The second-order valence-corrected chi connectivity index (χ2v) is 5.74. The maximum atomic E-state index is 11.9. The average molecular weight is 258 g/mol. The fourth-order valence-electron chi connectivity index (χ4n) is 1.29. The summed E-state index contributed by atoms with van der Waals surface area (Å²) in [6, 6.07) is 0.272. The van der Waals surface area contributed by atoms with Gasteiger partial charge in [0.1, 0.15) is 5.69 Å². The van der Waals surface area contributed by atoms with E-state index in [4.69, 9.17) is 0 Å². The number of nitrogens with zero attached hydrogens (tertiary/aromatic N) is 2. The first-order valence-electron chi connectivity index (χ1n) is 5.40. The average Bonchev–Trinajstić information content (AvgIpc) is 2.80. The molecule has 0 saturated carbocycles. The van der Waals surface area contributed by atoms with Crippen molar-refractivity contribution in [2.24, 2.45) is 0 Å². The lowest BCUT2D eigenvalue weighted by molar-refractivity contribution is 0.0736. The molecule has 3 nitrogen and oxygen atoms in total. The lowest BCUT2D eigenvalue weighted by atomic mass is 10.2. The van der Waals surface area contributed by atoms with E-state index >= 15 is 0 Å². The molecule has 1 amide bonds. The first kappa shape index (κ1) is 13.5. The van der Waals surface area contributed by atoms with Crippen LogP contribution in [-0.4, -0.2) is 40.4 Å².